The van der Waals surface area contributed by atoms with Gasteiger partial charge in [0, 0.05) is 20.2 Å². The molecule has 0 atom stereocenters. The highest BCUT2D eigenvalue weighted by Crippen LogP contribution is 2.32. The van der Waals surface area contributed by atoms with Crippen LogP contribution >= 0.6 is 0 Å². The lowest BCUT2D eigenvalue weighted by atomic mass is 9.79. The van der Waals surface area contributed by atoms with E-state index in [2.05, 4.69) is 11.8 Å². The van der Waals surface area contributed by atoms with Gasteiger partial charge in [-0.2, -0.15) is 0 Å². The highest BCUT2D eigenvalue weighted by molar-refractivity contribution is 4.98. The Kier molecular flexibility index (Phi) is 5.64. The van der Waals surface area contributed by atoms with Crippen molar-refractivity contribution >= 4 is 0 Å². The number of furan rings is 1. The fourth-order valence-corrected chi connectivity index (χ4v) is 2.93. The SMILES string of the molecule is COCCN(Cc1ccco1)CC1(O)CCC(C)CC1. The van der Waals surface area contributed by atoms with Crippen molar-refractivity contribution in [2.75, 3.05) is 26.8 Å². The molecule has 0 amide bonds. The van der Waals surface area contributed by atoms with Gasteiger partial charge in [0.15, 0.2) is 0 Å². The molecular weight excluding hydrogens is 254 g/mol. The van der Waals surface area contributed by atoms with Gasteiger partial charge in [-0.3, -0.25) is 4.90 Å². The van der Waals surface area contributed by atoms with Crippen molar-refractivity contribution in [2.45, 2.75) is 44.8 Å². The van der Waals surface area contributed by atoms with Gasteiger partial charge in [0.1, 0.15) is 5.76 Å². The average Bonchev–Trinajstić information content (AvgIpc) is 2.93. The first kappa shape index (κ1) is 15.5. The molecule has 1 aliphatic rings. The average molecular weight is 281 g/mol. The van der Waals surface area contributed by atoms with E-state index in [9.17, 15) is 5.11 Å². The minimum atomic E-state index is -0.549. The van der Waals surface area contributed by atoms with Gasteiger partial charge < -0.3 is 14.3 Å². The van der Waals surface area contributed by atoms with Gasteiger partial charge in [0.2, 0.25) is 0 Å². The minimum Gasteiger partial charge on any atom is -0.468 e. The summed E-state index contributed by atoms with van der Waals surface area (Å²) in [5.41, 5.74) is -0.549. The summed E-state index contributed by atoms with van der Waals surface area (Å²) in [7, 11) is 1.71. The molecule has 1 aromatic rings. The van der Waals surface area contributed by atoms with Gasteiger partial charge in [0.05, 0.1) is 25.0 Å². The maximum atomic E-state index is 10.8. The third kappa shape index (κ3) is 4.62. The van der Waals surface area contributed by atoms with Gasteiger partial charge in [-0.05, 0) is 43.7 Å². The van der Waals surface area contributed by atoms with Crippen LogP contribution in [-0.2, 0) is 11.3 Å². The Morgan fingerprint density at radius 1 is 1.45 bits per heavy atom. The summed E-state index contributed by atoms with van der Waals surface area (Å²) in [5.74, 6) is 1.68. The van der Waals surface area contributed by atoms with Crippen molar-refractivity contribution in [3.05, 3.63) is 24.2 Å². The number of aliphatic hydroxyl groups is 1. The molecule has 0 spiro atoms. The summed E-state index contributed by atoms with van der Waals surface area (Å²) in [4.78, 5) is 2.23. The van der Waals surface area contributed by atoms with E-state index in [1.54, 1.807) is 13.4 Å². The molecular formula is C16H27NO3. The molecule has 1 saturated carbocycles. The smallest absolute Gasteiger partial charge is 0.117 e. The van der Waals surface area contributed by atoms with Gasteiger partial charge in [-0.1, -0.05) is 6.92 Å². The molecule has 114 valence electrons. The predicted octanol–water partition coefficient (Wildman–Crippen LogP) is 2.67. The molecule has 0 radical (unpaired) electrons. The molecule has 1 aliphatic carbocycles. The van der Waals surface area contributed by atoms with Crippen molar-refractivity contribution in [3.8, 4) is 0 Å². The second-order valence-electron chi connectivity index (χ2n) is 6.19. The van der Waals surface area contributed by atoms with Crippen LogP contribution in [0.25, 0.3) is 0 Å². The standard InChI is InChI=1S/C16H27NO3/c1-14-5-7-16(18,8-6-14)13-17(9-11-19-2)12-15-4-3-10-20-15/h3-4,10,14,18H,5-9,11-13H2,1-2H3. The van der Waals surface area contributed by atoms with Crippen LogP contribution in [0.5, 0.6) is 0 Å². The first-order chi connectivity index (χ1) is 9.61. The van der Waals surface area contributed by atoms with Crippen LogP contribution in [0.1, 0.15) is 38.4 Å². The third-order valence-electron chi connectivity index (χ3n) is 4.29. The summed E-state index contributed by atoms with van der Waals surface area (Å²) in [6.45, 7) is 5.19. The normalized spacial score (nSPS) is 27.1. The lowest BCUT2D eigenvalue weighted by Gasteiger charge is -2.38. The molecule has 4 heteroatoms. The molecule has 0 aliphatic heterocycles. The van der Waals surface area contributed by atoms with Crippen molar-refractivity contribution in [2.24, 2.45) is 5.92 Å². The zero-order valence-electron chi connectivity index (χ0n) is 12.7. The Bertz CT molecular complexity index is 369. The highest BCUT2D eigenvalue weighted by atomic mass is 16.5. The van der Waals surface area contributed by atoms with E-state index in [4.69, 9.17) is 9.15 Å². The monoisotopic (exact) mass is 281 g/mol. The Hall–Kier alpha value is -0.840. The number of nitrogens with zero attached hydrogens (tertiary/aromatic N) is 1. The summed E-state index contributed by atoms with van der Waals surface area (Å²) in [6.07, 6.45) is 5.73. The largest absolute Gasteiger partial charge is 0.468 e. The van der Waals surface area contributed by atoms with E-state index >= 15 is 0 Å². The maximum Gasteiger partial charge on any atom is 0.117 e. The second-order valence-corrected chi connectivity index (χ2v) is 6.19. The van der Waals surface area contributed by atoms with Crippen LogP contribution < -0.4 is 0 Å². The predicted molar refractivity (Wildman–Crippen MR) is 78.4 cm³/mol. The Morgan fingerprint density at radius 2 is 2.20 bits per heavy atom. The van der Waals surface area contributed by atoms with E-state index in [1.807, 2.05) is 12.1 Å². The Labute approximate surface area is 121 Å². The molecule has 0 bridgehead atoms. The summed E-state index contributed by atoms with van der Waals surface area (Å²) in [6, 6.07) is 3.88. The van der Waals surface area contributed by atoms with E-state index in [0.29, 0.717) is 13.2 Å². The van der Waals surface area contributed by atoms with Crippen molar-refractivity contribution in [1.82, 2.24) is 4.90 Å². The fraction of sp³-hybridized carbons (Fsp3) is 0.750. The molecule has 20 heavy (non-hydrogen) atoms. The Balaban J connectivity index is 1.92. The van der Waals surface area contributed by atoms with Crippen LogP contribution in [0.3, 0.4) is 0 Å². The molecule has 1 heterocycles. The van der Waals surface area contributed by atoms with Gasteiger partial charge in [0.25, 0.3) is 0 Å². The van der Waals surface area contributed by atoms with E-state index in [0.717, 1.165) is 50.5 Å². The zero-order valence-corrected chi connectivity index (χ0v) is 12.7. The lowest BCUT2D eigenvalue weighted by Crippen LogP contribution is -2.46. The first-order valence-corrected chi connectivity index (χ1v) is 7.57. The van der Waals surface area contributed by atoms with E-state index in [1.165, 1.54) is 0 Å². The number of hydrogen-bond donors (Lipinski definition) is 1. The van der Waals surface area contributed by atoms with Crippen molar-refractivity contribution in [3.63, 3.8) is 0 Å². The summed E-state index contributed by atoms with van der Waals surface area (Å²) >= 11 is 0. The quantitative estimate of drug-likeness (QED) is 0.834. The van der Waals surface area contributed by atoms with Crippen LogP contribution in [0.4, 0.5) is 0 Å². The van der Waals surface area contributed by atoms with Crippen molar-refractivity contribution in [1.29, 1.82) is 0 Å². The van der Waals surface area contributed by atoms with E-state index < -0.39 is 5.60 Å². The number of hydrogen-bond acceptors (Lipinski definition) is 4. The third-order valence-corrected chi connectivity index (χ3v) is 4.29. The number of methoxy groups -OCH3 is 1. The van der Waals surface area contributed by atoms with E-state index in [-0.39, 0.29) is 0 Å². The zero-order chi connectivity index (χ0) is 14.4. The fourth-order valence-electron chi connectivity index (χ4n) is 2.93. The molecule has 4 nitrogen and oxygen atoms in total. The first-order valence-electron chi connectivity index (χ1n) is 7.57. The van der Waals surface area contributed by atoms with Crippen molar-refractivity contribution < 1.29 is 14.3 Å². The van der Waals surface area contributed by atoms with Gasteiger partial charge >= 0.3 is 0 Å². The van der Waals surface area contributed by atoms with Crippen LogP contribution in [0.15, 0.2) is 22.8 Å². The molecule has 2 rings (SSSR count). The molecule has 0 aromatic carbocycles. The molecule has 1 N–H and O–H groups in total. The lowest BCUT2D eigenvalue weighted by molar-refractivity contribution is -0.0412. The van der Waals surface area contributed by atoms with Crippen LogP contribution in [-0.4, -0.2) is 42.4 Å². The minimum absolute atomic E-state index is 0.549. The molecule has 0 unspecified atom stereocenters. The Morgan fingerprint density at radius 3 is 2.80 bits per heavy atom. The maximum absolute atomic E-state index is 10.8. The van der Waals surface area contributed by atoms with Crippen LogP contribution in [0.2, 0.25) is 0 Å². The number of ether oxygens (including phenoxy) is 1. The molecule has 0 saturated heterocycles. The topological polar surface area (TPSA) is 45.8 Å². The molecule has 1 fully saturated rings. The molecule has 1 aromatic heterocycles. The summed E-state index contributed by atoms with van der Waals surface area (Å²) < 4.78 is 10.6. The van der Waals surface area contributed by atoms with Gasteiger partial charge in [-0.25, -0.2) is 0 Å². The second kappa shape index (κ2) is 7.25. The van der Waals surface area contributed by atoms with Crippen LogP contribution in [0, 0.1) is 5.92 Å². The highest BCUT2D eigenvalue weighted by Gasteiger charge is 2.33. The number of rotatable bonds is 7. The van der Waals surface area contributed by atoms with Gasteiger partial charge in [-0.15, -0.1) is 0 Å². The summed E-state index contributed by atoms with van der Waals surface area (Å²) in [5, 5.41) is 10.8.